The number of anilines is 4. The summed E-state index contributed by atoms with van der Waals surface area (Å²) in [6.45, 7) is 0. The second kappa shape index (κ2) is 9.21. The van der Waals surface area contributed by atoms with Crippen molar-refractivity contribution in [2.24, 2.45) is 0 Å². The lowest BCUT2D eigenvalue weighted by atomic mass is 10.0. The number of nitriles is 1. The molecule has 1 aliphatic carbocycles. The SMILES string of the molecule is C[S+]([O-])Cc1cc(Nc2cc(Nc3ccc([N+](=O)[O-])cn3)n3ncc(C#N)c3n2)ccc1C1CC1. The van der Waals surface area contributed by atoms with Gasteiger partial charge in [0.1, 0.15) is 41.0 Å². The van der Waals surface area contributed by atoms with E-state index in [9.17, 15) is 19.9 Å². The number of nitrogens with zero attached hydrogens (tertiary/aromatic N) is 6. The Morgan fingerprint density at radius 1 is 1.20 bits per heavy atom. The number of fused-ring (bicyclic) bond motifs is 1. The van der Waals surface area contributed by atoms with Gasteiger partial charge in [-0.05, 0) is 42.5 Å². The normalized spacial score (nSPS) is 13.9. The van der Waals surface area contributed by atoms with Crippen molar-refractivity contribution in [2.45, 2.75) is 24.5 Å². The van der Waals surface area contributed by atoms with Gasteiger partial charge in [-0.1, -0.05) is 17.2 Å². The Balaban J connectivity index is 1.50. The lowest BCUT2D eigenvalue weighted by molar-refractivity contribution is -0.385. The summed E-state index contributed by atoms with van der Waals surface area (Å²) < 4.78 is 13.4. The molecule has 0 radical (unpaired) electrons. The molecule has 176 valence electrons. The summed E-state index contributed by atoms with van der Waals surface area (Å²) in [5, 5.41) is 31.0. The van der Waals surface area contributed by atoms with Gasteiger partial charge < -0.3 is 15.2 Å². The molecule has 0 aliphatic heterocycles. The summed E-state index contributed by atoms with van der Waals surface area (Å²) in [4.78, 5) is 19.0. The van der Waals surface area contributed by atoms with Crippen LogP contribution in [0.5, 0.6) is 0 Å². The van der Waals surface area contributed by atoms with Crippen molar-refractivity contribution in [1.82, 2.24) is 19.6 Å². The molecule has 1 fully saturated rings. The average molecular weight is 489 g/mol. The Hall–Kier alpha value is -4.21. The second-order valence-corrected chi connectivity index (χ2v) is 9.68. The van der Waals surface area contributed by atoms with E-state index in [0.29, 0.717) is 40.3 Å². The van der Waals surface area contributed by atoms with Crippen LogP contribution in [-0.2, 0) is 16.9 Å². The molecule has 0 spiro atoms. The smallest absolute Gasteiger partial charge is 0.287 e. The molecule has 1 atom stereocenters. The summed E-state index contributed by atoms with van der Waals surface area (Å²) in [7, 11) is 0. The van der Waals surface area contributed by atoms with Crippen molar-refractivity contribution in [1.29, 1.82) is 5.26 Å². The molecule has 1 saturated carbocycles. The maximum atomic E-state index is 11.9. The monoisotopic (exact) mass is 488 g/mol. The quantitative estimate of drug-likeness (QED) is 0.211. The Morgan fingerprint density at radius 2 is 2.03 bits per heavy atom. The molecule has 0 amide bonds. The molecular weight excluding hydrogens is 468 g/mol. The molecular formula is C23H20N8O3S. The van der Waals surface area contributed by atoms with E-state index in [2.05, 4.69) is 37.8 Å². The molecule has 3 aromatic heterocycles. The molecule has 0 saturated heterocycles. The number of benzene rings is 1. The van der Waals surface area contributed by atoms with Crippen molar-refractivity contribution >= 4 is 45.7 Å². The van der Waals surface area contributed by atoms with Gasteiger partial charge in [-0.25, -0.2) is 9.97 Å². The van der Waals surface area contributed by atoms with Crippen LogP contribution in [0.25, 0.3) is 5.65 Å². The maximum Gasteiger partial charge on any atom is 0.287 e. The van der Waals surface area contributed by atoms with Crippen LogP contribution in [0.1, 0.15) is 35.4 Å². The highest BCUT2D eigenvalue weighted by Crippen LogP contribution is 2.42. The van der Waals surface area contributed by atoms with E-state index in [0.717, 1.165) is 30.3 Å². The zero-order valence-corrected chi connectivity index (χ0v) is 19.5. The first-order chi connectivity index (χ1) is 16.9. The van der Waals surface area contributed by atoms with E-state index >= 15 is 0 Å². The molecule has 1 unspecified atom stereocenters. The highest BCUT2D eigenvalue weighted by molar-refractivity contribution is 7.89. The summed E-state index contributed by atoms with van der Waals surface area (Å²) in [6.07, 6.45) is 6.57. The lowest BCUT2D eigenvalue weighted by Crippen LogP contribution is -2.06. The highest BCUT2D eigenvalue weighted by Gasteiger charge is 2.27. The van der Waals surface area contributed by atoms with Crippen LogP contribution in [0.15, 0.2) is 48.8 Å². The van der Waals surface area contributed by atoms with E-state index in [4.69, 9.17) is 0 Å². The van der Waals surface area contributed by atoms with Gasteiger partial charge in [0.2, 0.25) is 0 Å². The number of pyridine rings is 1. The fraction of sp³-hybridized carbons (Fsp3) is 0.217. The lowest BCUT2D eigenvalue weighted by Gasteiger charge is -2.14. The number of rotatable bonds is 8. The Kier molecular flexibility index (Phi) is 5.94. The number of aromatic nitrogens is 4. The van der Waals surface area contributed by atoms with Gasteiger partial charge in [0.25, 0.3) is 5.69 Å². The Morgan fingerprint density at radius 3 is 2.69 bits per heavy atom. The predicted octanol–water partition coefficient (Wildman–Crippen LogP) is 4.15. The summed E-state index contributed by atoms with van der Waals surface area (Å²) in [5.74, 6) is 2.30. The molecule has 0 bridgehead atoms. The summed E-state index contributed by atoms with van der Waals surface area (Å²) in [5.41, 5.74) is 3.58. The van der Waals surface area contributed by atoms with Crippen molar-refractivity contribution in [3.05, 3.63) is 75.6 Å². The van der Waals surface area contributed by atoms with E-state index in [1.165, 1.54) is 28.4 Å². The zero-order valence-electron chi connectivity index (χ0n) is 18.6. The summed E-state index contributed by atoms with van der Waals surface area (Å²) in [6, 6.07) is 12.6. The largest absolute Gasteiger partial charge is 0.616 e. The van der Waals surface area contributed by atoms with E-state index in [-0.39, 0.29) is 5.69 Å². The molecule has 1 aliphatic rings. The molecule has 35 heavy (non-hydrogen) atoms. The number of hydrogen-bond donors (Lipinski definition) is 2. The fourth-order valence-corrected chi connectivity index (χ4v) is 4.55. The predicted molar refractivity (Wildman–Crippen MR) is 131 cm³/mol. The molecule has 1 aromatic carbocycles. The number of hydrogen-bond acceptors (Lipinski definition) is 9. The third-order valence-corrected chi connectivity index (χ3v) is 6.32. The van der Waals surface area contributed by atoms with Crippen LogP contribution in [0.3, 0.4) is 0 Å². The topological polar surface area (TPSA) is 157 Å². The molecule has 4 aromatic rings. The fourth-order valence-electron chi connectivity index (χ4n) is 3.86. The van der Waals surface area contributed by atoms with Crippen LogP contribution >= 0.6 is 0 Å². The summed E-state index contributed by atoms with van der Waals surface area (Å²) >= 11 is -0.969. The van der Waals surface area contributed by atoms with Gasteiger partial charge >= 0.3 is 0 Å². The maximum absolute atomic E-state index is 11.9. The number of nitrogens with one attached hydrogen (secondary N) is 2. The first-order valence-corrected chi connectivity index (χ1v) is 12.5. The third kappa shape index (κ3) is 4.86. The Bertz CT molecular complexity index is 1460. The van der Waals surface area contributed by atoms with Crippen LogP contribution in [0, 0.1) is 21.4 Å². The zero-order chi connectivity index (χ0) is 24.5. The molecule has 3 heterocycles. The van der Waals surface area contributed by atoms with Gasteiger partial charge in [0, 0.05) is 23.4 Å². The minimum atomic E-state index is -0.969. The van der Waals surface area contributed by atoms with Crippen LogP contribution in [0.2, 0.25) is 0 Å². The molecule has 5 rings (SSSR count). The van der Waals surface area contributed by atoms with Crippen LogP contribution in [-0.4, -0.2) is 35.3 Å². The first kappa shape index (κ1) is 22.6. The standard InChI is InChI=1S/C23H20N8O3S/c1-35(34)13-15-8-17(4-6-19(15)14-2-3-14)27-21-9-22(30-23(29-21)16(10-24)11-26-30)28-20-7-5-18(12-25-20)31(32)33/h4-9,11-12,14H,2-3,13H2,1H3,(H,25,28)(H,27,29). The van der Waals surface area contributed by atoms with Gasteiger partial charge in [0.15, 0.2) is 5.65 Å². The van der Waals surface area contributed by atoms with Crippen molar-refractivity contribution < 1.29 is 9.48 Å². The van der Waals surface area contributed by atoms with E-state index < -0.39 is 16.1 Å². The molecule has 11 nitrogen and oxygen atoms in total. The van der Waals surface area contributed by atoms with Crippen molar-refractivity contribution in [3.8, 4) is 6.07 Å². The van der Waals surface area contributed by atoms with Gasteiger partial charge in [-0.3, -0.25) is 10.1 Å². The van der Waals surface area contributed by atoms with Crippen LogP contribution in [0.4, 0.5) is 28.8 Å². The first-order valence-electron chi connectivity index (χ1n) is 10.8. The van der Waals surface area contributed by atoms with E-state index in [1.54, 1.807) is 12.3 Å². The second-order valence-electron chi connectivity index (χ2n) is 8.25. The average Bonchev–Trinajstić information content (AvgIpc) is 3.58. The van der Waals surface area contributed by atoms with Crippen LogP contribution < -0.4 is 10.6 Å². The van der Waals surface area contributed by atoms with Crippen molar-refractivity contribution in [3.63, 3.8) is 0 Å². The highest BCUT2D eigenvalue weighted by atomic mass is 32.2. The molecule has 2 N–H and O–H groups in total. The minimum absolute atomic E-state index is 0.123. The van der Waals surface area contributed by atoms with Gasteiger partial charge in [0.05, 0.1) is 17.4 Å². The third-order valence-electron chi connectivity index (χ3n) is 5.60. The minimum Gasteiger partial charge on any atom is -0.616 e. The Labute approximate surface area is 203 Å². The van der Waals surface area contributed by atoms with Gasteiger partial charge in [-0.2, -0.15) is 14.9 Å². The van der Waals surface area contributed by atoms with Gasteiger partial charge in [-0.15, -0.1) is 0 Å². The van der Waals surface area contributed by atoms with E-state index in [1.807, 2.05) is 12.1 Å². The molecule has 12 heteroatoms. The number of nitro groups is 1. The van der Waals surface area contributed by atoms with Crippen molar-refractivity contribution in [2.75, 3.05) is 16.9 Å².